The van der Waals surface area contributed by atoms with Gasteiger partial charge in [0.25, 0.3) is 0 Å². The van der Waals surface area contributed by atoms with Crippen molar-refractivity contribution in [1.82, 2.24) is 0 Å². The first-order chi connectivity index (χ1) is 8.68. The molecule has 0 fully saturated rings. The summed E-state index contributed by atoms with van der Waals surface area (Å²) in [5, 5.41) is 4.52. The molecule has 5 nitrogen and oxygen atoms in total. The topological polar surface area (TPSA) is 81.4 Å². The molecule has 0 saturated carbocycles. The molecule has 1 amide bonds. The number of amides is 1. The van der Waals surface area contributed by atoms with Crippen molar-refractivity contribution in [1.29, 1.82) is 0 Å². The normalized spacial score (nSPS) is 12.9. The van der Waals surface area contributed by atoms with Crippen molar-refractivity contribution in [2.45, 2.75) is 33.7 Å². The molecule has 106 valence electrons. The van der Waals surface area contributed by atoms with Gasteiger partial charge in [-0.3, -0.25) is 4.79 Å². The van der Waals surface area contributed by atoms with E-state index >= 15 is 0 Å². The van der Waals surface area contributed by atoms with Crippen LogP contribution in [0.15, 0.2) is 5.38 Å². The van der Waals surface area contributed by atoms with Crippen molar-refractivity contribution in [3.8, 4) is 0 Å². The summed E-state index contributed by atoms with van der Waals surface area (Å²) in [5.74, 6) is -0.767. The molecule has 1 heterocycles. The van der Waals surface area contributed by atoms with E-state index in [1.807, 2.05) is 27.7 Å². The molecule has 0 unspecified atom stereocenters. The number of rotatable bonds is 3. The highest BCUT2D eigenvalue weighted by atomic mass is 32.1. The monoisotopic (exact) mass is 284 g/mol. The van der Waals surface area contributed by atoms with Crippen LogP contribution in [0.1, 0.15) is 36.0 Å². The van der Waals surface area contributed by atoms with Gasteiger partial charge in [-0.15, -0.1) is 11.3 Å². The van der Waals surface area contributed by atoms with E-state index < -0.39 is 12.0 Å². The number of ether oxygens (including phenoxy) is 1. The Hall–Kier alpha value is -1.40. The van der Waals surface area contributed by atoms with Gasteiger partial charge in [-0.1, -0.05) is 20.8 Å². The molecule has 0 aliphatic carbocycles. The van der Waals surface area contributed by atoms with E-state index in [9.17, 15) is 9.59 Å². The number of hydrogen-bond donors (Lipinski definition) is 2. The lowest BCUT2D eigenvalue weighted by Crippen LogP contribution is -2.45. The van der Waals surface area contributed by atoms with Gasteiger partial charge in [0.1, 0.15) is 4.88 Å². The molecule has 6 heteroatoms. The molecule has 1 rings (SSSR count). The Kier molecular flexibility index (Phi) is 4.70. The van der Waals surface area contributed by atoms with Crippen LogP contribution in [0.5, 0.6) is 0 Å². The Labute approximate surface area is 117 Å². The first kappa shape index (κ1) is 15.7. The van der Waals surface area contributed by atoms with E-state index in [-0.39, 0.29) is 11.3 Å². The highest BCUT2D eigenvalue weighted by Gasteiger charge is 2.29. The fourth-order valence-corrected chi connectivity index (χ4v) is 2.36. The molecule has 0 aliphatic rings. The second-order valence-electron chi connectivity index (χ2n) is 5.45. The third-order valence-corrected chi connectivity index (χ3v) is 3.89. The zero-order valence-electron chi connectivity index (χ0n) is 11.9. The van der Waals surface area contributed by atoms with Crippen LogP contribution in [-0.2, 0) is 9.53 Å². The van der Waals surface area contributed by atoms with Gasteiger partial charge >= 0.3 is 5.97 Å². The van der Waals surface area contributed by atoms with Gasteiger partial charge < -0.3 is 15.8 Å². The van der Waals surface area contributed by atoms with Gasteiger partial charge in [-0.25, -0.2) is 4.79 Å². The highest BCUT2D eigenvalue weighted by molar-refractivity contribution is 7.12. The van der Waals surface area contributed by atoms with Crippen molar-refractivity contribution < 1.29 is 14.3 Å². The molecule has 0 spiro atoms. The van der Waals surface area contributed by atoms with E-state index in [0.29, 0.717) is 10.6 Å². The second-order valence-corrected chi connectivity index (χ2v) is 6.33. The lowest BCUT2D eigenvalue weighted by atomic mass is 9.87. The number of carbonyl (C=O) groups is 2. The zero-order valence-corrected chi connectivity index (χ0v) is 12.7. The summed E-state index contributed by atoms with van der Waals surface area (Å²) in [5.41, 5.74) is 6.85. The number of aryl methyl sites for hydroxylation is 1. The summed E-state index contributed by atoms with van der Waals surface area (Å²) < 4.78 is 4.69. The van der Waals surface area contributed by atoms with Crippen LogP contribution in [0.25, 0.3) is 0 Å². The number of methoxy groups -OCH3 is 1. The molecule has 19 heavy (non-hydrogen) atoms. The maximum Gasteiger partial charge on any atom is 0.350 e. The molecule has 1 aromatic heterocycles. The molecule has 1 atom stereocenters. The summed E-state index contributed by atoms with van der Waals surface area (Å²) >= 11 is 1.24. The maximum absolute atomic E-state index is 12.1. The van der Waals surface area contributed by atoms with E-state index in [1.165, 1.54) is 18.4 Å². The highest BCUT2D eigenvalue weighted by Crippen LogP contribution is 2.29. The molecule has 0 aliphatic heterocycles. The Bertz CT molecular complexity index is 489. The molecule has 0 saturated heterocycles. The van der Waals surface area contributed by atoms with Gasteiger partial charge in [0.15, 0.2) is 0 Å². The lowest BCUT2D eigenvalue weighted by molar-refractivity contribution is -0.119. The molecular formula is C13H20N2O3S. The first-order valence-corrected chi connectivity index (χ1v) is 6.79. The van der Waals surface area contributed by atoms with E-state index in [4.69, 9.17) is 5.73 Å². The minimum absolute atomic E-state index is 0.306. The van der Waals surface area contributed by atoms with Gasteiger partial charge in [0, 0.05) is 0 Å². The van der Waals surface area contributed by atoms with Crippen molar-refractivity contribution in [3.63, 3.8) is 0 Å². The predicted octanol–water partition coefficient (Wildman–Crippen LogP) is 2.16. The van der Waals surface area contributed by atoms with Crippen LogP contribution >= 0.6 is 11.3 Å². The lowest BCUT2D eigenvalue weighted by Gasteiger charge is -2.26. The third-order valence-electron chi connectivity index (χ3n) is 2.81. The summed E-state index contributed by atoms with van der Waals surface area (Å²) in [6.45, 7) is 7.48. The summed E-state index contributed by atoms with van der Waals surface area (Å²) in [4.78, 5) is 24.1. The maximum atomic E-state index is 12.1. The largest absolute Gasteiger partial charge is 0.465 e. The molecule has 0 bridgehead atoms. The van der Waals surface area contributed by atoms with Crippen molar-refractivity contribution in [2.75, 3.05) is 12.4 Å². The summed E-state index contributed by atoms with van der Waals surface area (Å²) in [6, 6.07) is -0.655. The zero-order chi connectivity index (χ0) is 14.8. The predicted molar refractivity (Wildman–Crippen MR) is 76.5 cm³/mol. The van der Waals surface area contributed by atoms with Crippen LogP contribution < -0.4 is 11.1 Å². The number of carbonyl (C=O) groups excluding carboxylic acids is 2. The summed E-state index contributed by atoms with van der Waals surface area (Å²) in [6.07, 6.45) is 0. The molecule has 1 aromatic rings. The van der Waals surface area contributed by atoms with Crippen LogP contribution in [0.4, 0.5) is 5.69 Å². The summed E-state index contributed by atoms with van der Waals surface area (Å²) in [7, 11) is 1.31. The number of thiophene rings is 1. The smallest absolute Gasteiger partial charge is 0.350 e. The van der Waals surface area contributed by atoms with E-state index in [1.54, 1.807) is 5.38 Å². The fraction of sp³-hybridized carbons (Fsp3) is 0.538. The second kappa shape index (κ2) is 5.71. The average molecular weight is 284 g/mol. The minimum atomic E-state index is -0.655. The Balaban J connectivity index is 2.97. The van der Waals surface area contributed by atoms with Crippen LogP contribution in [0.3, 0.4) is 0 Å². The number of anilines is 1. The van der Waals surface area contributed by atoms with Gasteiger partial charge in [0.2, 0.25) is 5.91 Å². The average Bonchev–Trinajstić information content (AvgIpc) is 2.68. The molecule has 3 N–H and O–H groups in total. The van der Waals surface area contributed by atoms with Gasteiger partial charge in [-0.2, -0.15) is 0 Å². The van der Waals surface area contributed by atoms with E-state index in [2.05, 4.69) is 10.1 Å². The number of nitrogens with one attached hydrogen (secondary N) is 1. The fourth-order valence-electron chi connectivity index (χ4n) is 1.44. The Morgan fingerprint density at radius 3 is 2.47 bits per heavy atom. The molecule has 0 aromatic carbocycles. The van der Waals surface area contributed by atoms with Crippen LogP contribution in [0, 0.1) is 12.3 Å². The van der Waals surface area contributed by atoms with Crippen molar-refractivity contribution in [3.05, 3.63) is 15.8 Å². The number of hydrogen-bond acceptors (Lipinski definition) is 5. The van der Waals surface area contributed by atoms with E-state index in [0.717, 1.165) is 5.56 Å². The van der Waals surface area contributed by atoms with Gasteiger partial charge in [-0.05, 0) is 23.3 Å². The molecule has 0 radical (unpaired) electrons. The number of esters is 1. The first-order valence-electron chi connectivity index (χ1n) is 5.91. The Morgan fingerprint density at radius 2 is 2.00 bits per heavy atom. The number of nitrogens with two attached hydrogens (primary N) is 1. The van der Waals surface area contributed by atoms with Gasteiger partial charge in [0.05, 0.1) is 18.8 Å². The standard InChI is InChI=1S/C13H20N2O3S/c1-7-6-19-9(12(17)18-5)8(7)15-11(16)10(14)13(2,3)4/h6,10H,14H2,1-5H3,(H,15,16)/t10-/m1/s1. The van der Waals surface area contributed by atoms with Crippen LogP contribution in [-0.4, -0.2) is 25.0 Å². The van der Waals surface area contributed by atoms with Crippen molar-refractivity contribution >= 4 is 28.9 Å². The quantitative estimate of drug-likeness (QED) is 0.833. The Morgan fingerprint density at radius 1 is 1.42 bits per heavy atom. The van der Waals surface area contributed by atoms with Crippen molar-refractivity contribution in [2.24, 2.45) is 11.1 Å². The minimum Gasteiger partial charge on any atom is -0.465 e. The molecular weight excluding hydrogens is 264 g/mol. The SMILES string of the molecule is COC(=O)c1scc(C)c1NC(=O)[C@@H](N)C(C)(C)C. The third kappa shape index (κ3) is 3.54. The van der Waals surface area contributed by atoms with Crippen LogP contribution in [0.2, 0.25) is 0 Å².